The third-order valence-corrected chi connectivity index (χ3v) is 5.83. The molecule has 0 aromatic heterocycles. The van der Waals surface area contributed by atoms with E-state index in [1.165, 1.54) is 12.1 Å². The molecule has 0 aliphatic carbocycles. The van der Waals surface area contributed by atoms with E-state index < -0.39 is 10.0 Å². The van der Waals surface area contributed by atoms with E-state index in [1.807, 2.05) is 6.07 Å². The SMILES string of the molecule is NS(=O)(=O)c1ccc(N2CCN(CCC(=O)Nc3cccc(Cl)c3)CC2)cc1. The second-order valence-electron chi connectivity index (χ2n) is 6.68. The summed E-state index contributed by atoms with van der Waals surface area (Å²) in [5.74, 6) is -0.0386. The van der Waals surface area contributed by atoms with Gasteiger partial charge in [-0.25, -0.2) is 13.6 Å². The highest BCUT2D eigenvalue weighted by molar-refractivity contribution is 7.89. The van der Waals surface area contributed by atoms with Crippen molar-refractivity contribution in [1.82, 2.24) is 4.90 Å². The Labute approximate surface area is 170 Å². The van der Waals surface area contributed by atoms with Crippen LogP contribution in [0, 0.1) is 0 Å². The van der Waals surface area contributed by atoms with Crippen LogP contribution in [0.1, 0.15) is 6.42 Å². The molecule has 1 amide bonds. The molecule has 2 aromatic rings. The molecule has 7 nitrogen and oxygen atoms in total. The predicted octanol–water partition coefficient (Wildman–Crippen LogP) is 2.14. The molecular formula is C19H23ClN4O3S. The second-order valence-corrected chi connectivity index (χ2v) is 8.67. The lowest BCUT2D eigenvalue weighted by molar-refractivity contribution is -0.116. The first-order chi connectivity index (χ1) is 13.3. The molecule has 28 heavy (non-hydrogen) atoms. The summed E-state index contributed by atoms with van der Waals surface area (Å²) in [5.41, 5.74) is 1.66. The quantitative estimate of drug-likeness (QED) is 0.743. The van der Waals surface area contributed by atoms with Crippen molar-refractivity contribution in [2.24, 2.45) is 5.14 Å². The van der Waals surface area contributed by atoms with Gasteiger partial charge in [0.1, 0.15) is 0 Å². The van der Waals surface area contributed by atoms with Crippen LogP contribution in [-0.2, 0) is 14.8 Å². The molecule has 1 aliphatic heterocycles. The van der Waals surface area contributed by atoms with Crippen molar-refractivity contribution in [2.45, 2.75) is 11.3 Å². The third kappa shape index (κ3) is 5.68. The molecule has 3 N–H and O–H groups in total. The fourth-order valence-electron chi connectivity index (χ4n) is 3.13. The molecule has 2 aromatic carbocycles. The highest BCUT2D eigenvalue weighted by Gasteiger charge is 2.18. The molecule has 1 saturated heterocycles. The molecule has 3 rings (SSSR count). The number of hydrogen-bond donors (Lipinski definition) is 2. The number of benzene rings is 2. The van der Waals surface area contributed by atoms with Crippen molar-refractivity contribution in [3.05, 3.63) is 53.6 Å². The Morgan fingerprint density at radius 3 is 2.36 bits per heavy atom. The summed E-state index contributed by atoms with van der Waals surface area (Å²) in [6, 6.07) is 13.7. The summed E-state index contributed by atoms with van der Waals surface area (Å²) in [4.78, 5) is 16.7. The van der Waals surface area contributed by atoms with E-state index in [0.717, 1.165) is 31.9 Å². The summed E-state index contributed by atoms with van der Waals surface area (Å²) in [7, 11) is -3.67. The van der Waals surface area contributed by atoms with Crippen molar-refractivity contribution in [3.8, 4) is 0 Å². The minimum Gasteiger partial charge on any atom is -0.369 e. The van der Waals surface area contributed by atoms with Crippen LogP contribution in [0.3, 0.4) is 0 Å². The van der Waals surface area contributed by atoms with Crippen LogP contribution in [0.5, 0.6) is 0 Å². The van der Waals surface area contributed by atoms with Crippen LogP contribution in [0.2, 0.25) is 5.02 Å². The van der Waals surface area contributed by atoms with Gasteiger partial charge in [-0.15, -0.1) is 0 Å². The molecule has 150 valence electrons. The lowest BCUT2D eigenvalue weighted by atomic mass is 10.2. The zero-order valence-electron chi connectivity index (χ0n) is 15.3. The van der Waals surface area contributed by atoms with Crippen LogP contribution >= 0.6 is 11.6 Å². The van der Waals surface area contributed by atoms with Gasteiger partial charge in [0.05, 0.1) is 4.90 Å². The minimum absolute atomic E-state index is 0.0386. The third-order valence-electron chi connectivity index (χ3n) is 4.67. The maximum atomic E-state index is 12.1. The van der Waals surface area contributed by atoms with Gasteiger partial charge in [-0.2, -0.15) is 0 Å². The number of hydrogen-bond acceptors (Lipinski definition) is 5. The predicted molar refractivity (Wildman–Crippen MR) is 111 cm³/mol. The summed E-state index contributed by atoms with van der Waals surface area (Å²) in [6.07, 6.45) is 0.412. The highest BCUT2D eigenvalue weighted by Crippen LogP contribution is 2.19. The fraction of sp³-hybridized carbons (Fsp3) is 0.316. The smallest absolute Gasteiger partial charge is 0.238 e. The average molecular weight is 423 g/mol. The first-order valence-corrected chi connectivity index (χ1v) is 10.9. The van der Waals surface area contributed by atoms with Crippen molar-refractivity contribution >= 4 is 38.9 Å². The number of nitrogens with one attached hydrogen (secondary N) is 1. The number of halogens is 1. The number of anilines is 2. The van der Waals surface area contributed by atoms with Crippen LogP contribution in [0.15, 0.2) is 53.4 Å². The number of carbonyl (C=O) groups is 1. The molecule has 0 unspecified atom stereocenters. The number of nitrogens with two attached hydrogens (primary N) is 1. The molecular weight excluding hydrogens is 400 g/mol. The van der Waals surface area contributed by atoms with Crippen LogP contribution < -0.4 is 15.4 Å². The van der Waals surface area contributed by atoms with Crippen molar-refractivity contribution < 1.29 is 13.2 Å². The Balaban J connectivity index is 1.44. The normalized spacial score (nSPS) is 15.4. The van der Waals surface area contributed by atoms with Gasteiger partial charge in [0.25, 0.3) is 0 Å². The summed E-state index contributed by atoms with van der Waals surface area (Å²) in [5, 5.41) is 8.57. The molecule has 9 heteroatoms. The van der Waals surface area contributed by atoms with Crippen molar-refractivity contribution in [2.75, 3.05) is 42.9 Å². The Bertz CT molecular complexity index is 926. The number of carbonyl (C=O) groups excluding carboxylic acids is 1. The molecule has 1 fully saturated rings. The first kappa shape index (κ1) is 20.6. The van der Waals surface area contributed by atoms with Crippen molar-refractivity contribution in [3.63, 3.8) is 0 Å². The Morgan fingerprint density at radius 1 is 1.07 bits per heavy atom. The van der Waals surface area contributed by atoms with Gasteiger partial charge in [0, 0.05) is 55.5 Å². The molecule has 0 radical (unpaired) electrons. The summed E-state index contributed by atoms with van der Waals surface area (Å²) < 4.78 is 22.7. The molecule has 1 aliphatic rings. The van der Waals surface area contributed by atoms with E-state index in [9.17, 15) is 13.2 Å². The highest BCUT2D eigenvalue weighted by atomic mass is 35.5. The number of rotatable bonds is 6. The topological polar surface area (TPSA) is 95.7 Å². The van der Waals surface area contributed by atoms with Gasteiger partial charge in [-0.1, -0.05) is 17.7 Å². The summed E-state index contributed by atoms with van der Waals surface area (Å²) in [6.45, 7) is 3.97. The number of sulfonamides is 1. The molecule has 1 heterocycles. The summed E-state index contributed by atoms with van der Waals surface area (Å²) >= 11 is 5.92. The second kappa shape index (κ2) is 8.91. The zero-order chi connectivity index (χ0) is 20.1. The van der Waals surface area contributed by atoms with Crippen molar-refractivity contribution in [1.29, 1.82) is 0 Å². The monoisotopic (exact) mass is 422 g/mol. The van der Waals surface area contributed by atoms with Gasteiger partial charge in [0.2, 0.25) is 15.9 Å². The number of nitrogens with zero attached hydrogens (tertiary/aromatic N) is 2. The Kier molecular flexibility index (Phi) is 6.56. The van der Waals surface area contributed by atoms with E-state index in [0.29, 0.717) is 23.7 Å². The number of amides is 1. The van der Waals surface area contributed by atoms with Crippen LogP contribution in [0.4, 0.5) is 11.4 Å². The van der Waals surface area contributed by atoms with E-state index in [4.69, 9.17) is 16.7 Å². The van der Waals surface area contributed by atoms with E-state index in [1.54, 1.807) is 30.3 Å². The average Bonchev–Trinajstić information content (AvgIpc) is 2.66. The lowest BCUT2D eigenvalue weighted by Gasteiger charge is -2.36. The minimum atomic E-state index is -3.67. The van der Waals surface area contributed by atoms with Gasteiger partial charge >= 0.3 is 0 Å². The van der Waals surface area contributed by atoms with Gasteiger partial charge in [-0.3, -0.25) is 9.69 Å². The first-order valence-electron chi connectivity index (χ1n) is 8.97. The van der Waals surface area contributed by atoms with Crippen LogP contribution in [0.25, 0.3) is 0 Å². The lowest BCUT2D eigenvalue weighted by Crippen LogP contribution is -2.47. The fourth-order valence-corrected chi connectivity index (χ4v) is 3.83. The van der Waals surface area contributed by atoms with Gasteiger partial charge in [-0.05, 0) is 42.5 Å². The maximum Gasteiger partial charge on any atom is 0.238 e. The maximum absolute atomic E-state index is 12.1. The zero-order valence-corrected chi connectivity index (χ0v) is 16.9. The molecule has 0 spiro atoms. The number of piperazine rings is 1. The van der Waals surface area contributed by atoms with E-state index in [2.05, 4.69) is 15.1 Å². The van der Waals surface area contributed by atoms with Gasteiger partial charge in [0.15, 0.2) is 0 Å². The Morgan fingerprint density at radius 2 is 1.75 bits per heavy atom. The van der Waals surface area contributed by atoms with Gasteiger partial charge < -0.3 is 10.2 Å². The molecule has 0 saturated carbocycles. The largest absolute Gasteiger partial charge is 0.369 e. The standard InChI is InChI=1S/C19H23ClN4O3S/c20-15-2-1-3-16(14-15)22-19(25)8-9-23-10-12-24(13-11-23)17-4-6-18(7-5-17)28(21,26)27/h1-7,14H,8-13H2,(H,22,25)(H2,21,26,27). The molecule has 0 atom stereocenters. The Hall–Kier alpha value is -2.13. The molecule has 0 bridgehead atoms. The van der Waals surface area contributed by atoms with Crippen LogP contribution in [-0.4, -0.2) is 51.9 Å². The van der Waals surface area contributed by atoms with E-state index in [-0.39, 0.29) is 10.8 Å². The number of primary sulfonamides is 1. The van der Waals surface area contributed by atoms with E-state index >= 15 is 0 Å².